The Kier molecular flexibility index (Phi) is 2.89. The molecule has 1 aromatic carbocycles. The summed E-state index contributed by atoms with van der Waals surface area (Å²) in [5.74, 6) is -0.529. The number of carbonyl (C=O) groups is 2. The quantitative estimate of drug-likeness (QED) is 0.631. The molecule has 2 aliphatic rings. The highest BCUT2D eigenvalue weighted by Gasteiger charge is 2.48. The predicted molar refractivity (Wildman–Crippen MR) is 75.3 cm³/mol. The zero-order valence-electron chi connectivity index (χ0n) is 11.6. The number of phenols is 1. The molecule has 104 valence electrons. The summed E-state index contributed by atoms with van der Waals surface area (Å²) in [6.45, 7) is 3.80. The standard InChI is InChI=1S/C16H17NO3/c1-9-3-5-12-13(7-9)16(20)17(15(12)19)14-6-4-11(18)8-10(14)2/h3-4,6,8,12-13,18H,5,7H2,1-2H3/t12-,13+/m1/s1. The average Bonchev–Trinajstić information content (AvgIpc) is 2.63. The van der Waals surface area contributed by atoms with E-state index in [1.165, 1.54) is 16.5 Å². The van der Waals surface area contributed by atoms with Gasteiger partial charge >= 0.3 is 0 Å². The molecule has 4 nitrogen and oxygen atoms in total. The van der Waals surface area contributed by atoms with Crippen LogP contribution >= 0.6 is 0 Å². The number of anilines is 1. The van der Waals surface area contributed by atoms with E-state index in [0.717, 1.165) is 5.56 Å². The van der Waals surface area contributed by atoms with E-state index in [2.05, 4.69) is 6.08 Å². The van der Waals surface area contributed by atoms with E-state index in [-0.39, 0.29) is 29.4 Å². The van der Waals surface area contributed by atoms with Crippen molar-refractivity contribution in [3.63, 3.8) is 0 Å². The van der Waals surface area contributed by atoms with E-state index < -0.39 is 0 Å². The second-order valence-electron chi connectivity index (χ2n) is 5.69. The number of rotatable bonds is 1. The van der Waals surface area contributed by atoms with Gasteiger partial charge in [-0.25, -0.2) is 4.90 Å². The Morgan fingerprint density at radius 3 is 2.55 bits per heavy atom. The minimum Gasteiger partial charge on any atom is -0.508 e. The van der Waals surface area contributed by atoms with Crippen LogP contribution in [0.4, 0.5) is 5.69 Å². The molecule has 20 heavy (non-hydrogen) atoms. The molecule has 0 bridgehead atoms. The van der Waals surface area contributed by atoms with Crippen LogP contribution in [0.5, 0.6) is 5.75 Å². The van der Waals surface area contributed by atoms with Gasteiger partial charge in [0.05, 0.1) is 17.5 Å². The van der Waals surface area contributed by atoms with E-state index >= 15 is 0 Å². The fraction of sp³-hybridized carbons (Fsp3) is 0.375. The topological polar surface area (TPSA) is 57.6 Å². The summed E-state index contributed by atoms with van der Waals surface area (Å²) in [7, 11) is 0. The maximum absolute atomic E-state index is 12.5. The van der Waals surface area contributed by atoms with Crippen LogP contribution < -0.4 is 4.90 Å². The second kappa shape index (κ2) is 4.47. The Morgan fingerprint density at radius 2 is 1.85 bits per heavy atom. The Balaban J connectivity index is 2.00. The number of nitrogens with zero attached hydrogens (tertiary/aromatic N) is 1. The molecule has 4 heteroatoms. The maximum atomic E-state index is 12.5. The number of carbonyl (C=O) groups excluding carboxylic acids is 2. The summed E-state index contributed by atoms with van der Waals surface area (Å²) in [4.78, 5) is 26.4. The minimum atomic E-state index is -0.223. The van der Waals surface area contributed by atoms with Crippen LogP contribution in [-0.4, -0.2) is 16.9 Å². The third-order valence-electron chi connectivity index (χ3n) is 4.24. The number of hydrogen-bond acceptors (Lipinski definition) is 3. The van der Waals surface area contributed by atoms with Gasteiger partial charge in [0.2, 0.25) is 11.8 Å². The van der Waals surface area contributed by atoms with Crippen LogP contribution in [0.3, 0.4) is 0 Å². The van der Waals surface area contributed by atoms with Gasteiger partial charge < -0.3 is 5.11 Å². The van der Waals surface area contributed by atoms with Crippen molar-refractivity contribution in [1.82, 2.24) is 0 Å². The fourth-order valence-corrected chi connectivity index (χ4v) is 3.17. The monoisotopic (exact) mass is 271 g/mol. The Labute approximate surface area is 117 Å². The lowest BCUT2D eigenvalue weighted by Crippen LogP contribution is -2.31. The van der Waals surface area contributed by atoms with Crippen LogP contribution in [0.15, 0.2) is 29.8 Å². The first-order valence-electron chi connectivity index (χ1n) is 6.82. The first kappa shape index (κ1) is 12.9. The molecular weight excluding hydrogens is 254 g/mol. The van der Waals surface area contributed by atoms with E-state index in [4.69, 9.17) is 0 Å². The lowest BCUT2D eigenvalue weighted by molar-refractivity contribution is -0.122. The number of imide groups is 1. The Bertz CT molecular complexity index is 633. The van der Waals surface area contributed by atoms with Gasteiger partial charge in [0.15, 0.2) is 0 Å². The van der Waals surface area contributed by atoms with Crippen LogP contribution in [-0.2, 0) is 9.59 Å². The third kappa shape index (κ3) is 1.83. The molecule has 1 aliphatic heterocycles. The number of aryl methyl sites for hydroxylation is 1. The molecule has 1 saturated heterocycles. The number of benzene rings is 1. The summed E-state index contributed by atoms with van der Waals surface area (Å²) < 4.78 is 0. The molecule has 3 rings (SSSR count). The number of amides is 2. The van der Waals surface area contributed by atoms with Gasteiger partial charge in [0.25, 0.3) is 0 Å². The molecule has 1 heterocycles. The van der Waals surface area contributed by atoms with Gasteiger partial charge in [0.1, 0.15) is 5.75 Å². The van der Waals surface area contributed by atoms with Gasteiger partial charge in [0, 0.05) is 0 Å². The van der Waals surface area contributed by atoms with Gasteiger partial charge in [-0.2, -0.15) is 0 Å². The van der Waals surface area contributed by atoms with Gasteiger partial charge in [-0.1, -0.05) is 11.6 Å². The smallest absolute Gasteiger partial charge is 0.238 e. The van der Waals surface area contributed by atoms with E-state index in [0.29, 0.717) is 18.5 Å². The molecule has 0 saturated carbocycles. The average molecular weight is 271 g/mol. The summed E-state index contributed by atoms with van der Waals surface area (Å²) in [6.07, 6.45) is 3.37. The zero-order chi connectivity index (χ0) is 14.4. The van der Waals surface area contributed by atoms with E-state index in [1.807, 2.05) is 6.92 Å². The van der Waals surface area contributed by atoms with Crippen molar-refractivity contribution in [3.8, 4) is 5.75 Å². The lowest BCUT2D eigenvalue weighted by Gasteiger charge is -2.19. The Morgan fingerprint density at radius 1 is 1.15 bits per heavy atom. The maximum Gasteiger partial charge on any atom is 0.238 e. The number of allylic oxidation sites excluding steroid dienone is 2. The summed E-state index contributed by atoms with van der Waals surface area (Å²) in [6, 6.07) is 4.72. The fourth-order valence-electron chi connectivity index (χ4n) is 3.17. The van der Waals surface area contributed by atoms with Crippen molar-refractivity contribution in [1.29, 1.82) is 0 Å². The highest BCUT2D eigenvalue weighted by Crippen LogP contribution is 2.40. The van der Waals surface area contributed by atoms with E-state index in [1.54, 1.807) is 19.1 Å². The first-order chi connectivity index (χ1) is 9.49. The van der Waals surface area contributed by atoms with Gasteiger partial charge in [-0.15, -0.1) is 0 Å². The third-order valence-corrected chi connectivity index (χ3v) is 4.24. The van der Waals surface area contributed by atoms with Crippen LogP contribution in [0, 0.1) is 18.8 Å². The normalized spacial score (nSPS) is 25.7. The predicted octanol–water partition coefficient (Wildman–Crippen LogP) is 2.55. The van der Waals surface area contributed by atoms with Crippen molar-refractivity contribution in [2.45, 2.75) is 26.7 Å². The van der Waals surface area contributed by atoms with Gasteiger partial charge in [-0.05, 0) is 50.5 Å². The van der Waals surface area contributed by atoms with Crippen LogP contribution in [0.2, 0.25) is 0 Å². The van der Waals surface area contributed by atoms with Crippen LogP contribution in [0.1, 0.15) is 25.3 Å². The SMILES string of the molecule is CC1=CC[C@H]2C(=O)N(c3ccc(O)cc3C)C(=O)[C@H]2C1. The molecular formula is C16H17NO3. The zero-order valence-corrected chi connectivity index (χ0v) is 11.6. The molecule has 1 N–H and O–H groups in total. The molecule has 0 unspecified atom stereocenters. The van der Waals surface area contributed by atoms with Crippen molar-refractivity contribution >= 4 is 17.5 Å². The highest BCUT2D eigenvalue weighted by molar-refractivity contribution is 6.22. The van der Waals surface area contributed by atoms with Crippen molar-refractivity contribution in [3.05, 3.63) is 35.4 Å². The molecule has 0 spiro atoms. The summed E-state index contributed by atoms with van der Waals surface area (Å²) in [5.41, 5.74) is 2.50. The number of hydrogen-bond donors (Lipinski definition) is 1. The largest absolute Gasteiger partial charge is 0.508 e. The first-order valence-corrected chi connectivity index (χ1v) is 6.82. The number of aromatic hydroxyl groups is 1. The Hall–Kier alpha value is -2.10. The summed E-state index contributed by atoms with van der Waals surface area (Å²) >= 11 is 0. The molecule has 1 aromatic rings. The molecule has 1 fully saturated rings. The molecule has 0 aromatic heterocycles. The van der Waals surface area contributed by atoms with Crippen molar-refractivity contribution in [2.75, 3.05) is 4.90 Å². The van der Waals surface area contributed by atoms with Crippen LogP contribution in [0.25, 0.3) is 0 Å². The second-order valence-corrected chi connectivity index (χ2v) is 5.69. The summed E-state index contributed by atoms with van der Waals surface area (Å²) in [5, 5.41) is 9.46. The number of phenolic OH excluding ortho intramolecular Hbond substituents is 1. The van der Waals surface area contributed by atoms with E-state index in [9.17, 15) is 14.7 Å². The van der Waals surface area contributed by atoms with Crippen molar-refractivity contribution in [2.24, 2.45) is 11.8 Å². The molecule has 2 atom stereocenters. The molecule has 0 radical (unpaired) electrons. The number of fused-ring (bicyclic) bond motifs is 1. The minimum absolute atomic E-state index is 0.110. The van der Waals surface area contributed by atoms with Crippen molar-refractivity contribution < 1.29 is 14.7 Å². The molecule has 2 amide bonds. The van der Waals surface area contributed by atoms with Gasteiger partial charge in [-0.3, -0.25) is 9.59 Å². The highest BCUT2D eigenvalue weighted by atomic mass is 16.3. The lowest BCUT2D eigenvalue weighted by atomic mass is 9.82. The molecule has 1 aliphatic carbocycles.